The minimum atomic E-state index is -1.05. The molecule has 1 saturated heterocycles. The summed E-state index contributed by atoms with van der Waals surface area (Å²) in [4.78, 5) is 26.4. The van der Waals surface area contributed by atoms with Crippen molar-refractivity contribution in [3.63, 3.8) is 0 Å². The number of carbonyl (C=O) groups is 2. The predicted octanol–water partition coefficient (Wildman–Crippen LogP) is 3.62. The van der Waals surface area contributed by atoms with Gasteiger partial charge in [0.2, 0.25) is 0 Å². The van der Waals surface area contributed by atoms with Crippen molar-refractivity contribution < 1.29 is 9.59 Å². The molecule has 23 heavy (non-hydrogen) atoms. The van der Waals surface area contributed by atoms with Crippen molar-refractivity contribution in [3.8, 4) is 0 Å². The zero-order valence-corrected chi connectivity index (χ0v) is 13.7. The van der Waals surface area contributed by atoms with Gasteiger partial charge in [-0.15, -0.1) is 0 Å². The fraction of sp³-hybridized carbons (Fsp3) is 0.222. The molecule has 0 bridgehead atoms. The van der Waals surface area contributed by atoms with Crippen molar-refractivity contribution >= 4 is 23.5 Å². The third kappa shape index (κ3) is 2.70. The first-order chi connectivity index (χ1) is 10.9. The van der Waals surface area contributed by atoms with Crippen LogP contribution in [0.4, 0.5) is 4.79 Å². The van der Waals surface area contributed by atoms with Gasteiger partial charge in [0.25, 0.3) is 5.91 Å². The normalized spacial score (nSPS) is 20.7. The van der Waals surface area contributed by atoms with Crippen LogP contribution in [0.1, 0.15) is 23.6 Å². The topological polar surface area (TPSA) is 49.4 Å². The van der Waals surface area contributed by atoms with E-state index in [2.05, 4.69) is 5.32 Å². The van der Waals surface area contributed by atoms with Crippen molar-refractivity contribution in [2.24, 2.45) is 0 Å². The Balaban J connectivity index is 1.90. The summed E-state index contributed by atoms with van der Waals surface area (Å²) in [7, 11) is 0. The first-order valence-corrected chi connectivity index (χ1v) is 7.74. The van der Waals surface area contributed by atoms with Crippen LogP contribution in [0.3, 0.4) is 0 Å². The molecule has 5 heteroatoms. The molecule has 0 aliphatic carbocycles. The van der Waals surface area contributed by atoms with Crippen LogP contribution in [-0.2, 0) is 16.9 Å². The molecule has 0 aromatic heterocycles. The maximum atomic E-state index is 12.8. The minimum Gasteiger partial charge on any atom is -0.319 e. The summed E-state index contributed by atoms with van der Waals surface area (Å²) in [5, 5.41) is 3.34. The molecule has 1 atom stereocenters. The van der Waals surface area contributed by atoms with E-state index in [4.69, 9.17) is 11.6 Å². The third-order valence-corrected chi connectivity index (χ3v) is 4.56. The molecule has 2 aromatic rings. The number of nitrogens with one attached hydrogen (secondary N) is 1. The summed E-state index contributed by atoms with van der Waals surface area (Å²) < 4.78 is 0. The van der Waals surface area contributed by atoms with Crippen LogP contribution >= 0.6 is 11.6 Å². The fourth-order valence-electron chi connectivity index (χ4n) is 2.72. The Morgan fingerprint density at radius 2 is 1.74 bits per heavy atom. The summed E-state index contributed by atoms with van der Waals surface area (Å²) in [6, 6.07) is 14.4. The van der Waals surface area contributed by atoms with Crippen molar-refractivity contribution in [2.75, 3.05) is 0 Å². The Kier molecular flexibility index (Phi) is 3.86. The maximum absolute atomic E-state index is 12.8. The van der Waals surface area contributed by atoms with Crippen molar-refractivity contribution in [3.05, 3.63) is 70.2 Å². The standard InChI is InChI=1S/C18H17ClN2O2/c1-12-7-9-14(10-8-12)18(2)16(22)21(17(23)20-18)11-13-5-3-4-6-15(13)19/h3-10H,11H2,1-2H3,(H,20,23). The highest BCUT2D eigenvalue weighted by Crippen LogP contribution is 2.30. The largest absolute Gasteiger partial charge is 0.325 e. The zero-order chi connectivity index (χ0) is 16.6. The molecule has 4 nitrogen and oxygen atoms in total. The molecule has 1 fully saturated rings. The zero-order valence-electron chi connectivity index (χ0n) is 13.0. The van der Waals surface area contributed by atoms with Crippen LogP contribution in [-0.4, -0.2) is 16.8 Å². The Bertz CT molecular complexity index is 773. The van der Waals surface area contributed by atoms with Crippen molar-refractivity contribution in [1.29, 1.82) is 0 Å². The molecule has 1 N–H and O–H groups in total. The number of aryl methyl sites for hydroxylation is 1. The van der Waals surface area contributed by atoms with Gasteiger partial charge in [0.1, 0.15) is 5.54 Å². The van der Waals surface area contributed by atoms with Gasteiger partial charge in [-0.3, -0.25) is 9.69 Å². The lowest BCUT2D eigenvalue weighted by Crippen LogP contribution is -2.40. The van der Waals surface area contributed by atoms with E-state index in [1.54, 1.807) is 13.0 Å². The van der Waals surface area contributed by atoms with Gasteiger partial charge in [-0.1, -0.05) is 59.6 Å². The number of urea groups is 1. The number of halogens is 1. The third-order valence-electron chi connectivity index (χ3n) is 4.19. The SMILES string of the molecule is Cc1ccc(C2(C)NC(=O)N(Cc3ccccc3Cl)C2=O)cc1. The van der Waals surface area contributed by atoms with E-state index in [1.807, 2.05) is 49.4 Å². The number of imide groups is 1. The van der Waals surface area contributed by atoms with Crippen LogP contribution < -0.4 is 5.32 Å². The van der Waals surface area contributed by atoms with E-state index in [-0.39, 0.29) is 12.5 Å². The molecule has 0 saturated carbocycles. The molecule has 2 aromatic carbocycles. The molecule has 0 spiro atoms. The monoisotopic (exact) mass is 328 g/mol. The number of hydrogen-bond acceptors (Lipinski definition) is 2. The Morgan fingerprint density at radius 1 is 1.09 bits per heavy atom. The van der Waals surface area contributed by atoms with E-state index >= 15 is 0 Å². The first-order valence-electron chi connectivity index (χ1n) is 7.36. The number of benzene rings is 2. The van der Waals surface area contributed by atoms with Gasteiger partial charge < -0.3 is 5.32 Å². The highest BCUT2D eigenvalue weighted by Gasteiger charge is 2.48. The highest BCUT2D eigenvalue weighted by molar-refractivity contribution is 6.31. The van der Waals surface area contributed by atoms with E-state index in [0.717, 1.165) is 16.7 Å². The number of carbonyl (C=O) groups excluding carboxylic acids is 2. The molecule has 3 amide bonds. The quantitative estimate of drug-likeness (QED) is 0.875. The van der Waals surface area contributed by atoms with Gasteiger partial charge in [-0.2, -0.15) is 0 Å². The number of hydrogen-bond donors (Lipinski definition) is 1. The minimum absolute atomic E-state index is 0.159. The molecular formula is C18H17ClN2O2. The molecule has 1 aliphatic heterocycles. The molecule has 3 rings (SSSR count). The fourth-order valence-corrected chi connectivity index (χ4v) is 2.92. The van der Waals surface area contributed by atoms with Crippen LogP contribution in [0.25, 0.3) is 0 Å². The lowest BCUT2D eigenvalue weighted by Gasteiger charge is -2.22. The van der Waals surface area contributed by atoms with Gasteiger partial charge in [-0.05, 0) is 31.0 Å². The van der Waals surface area contributed by atoms with Crippen LogP contribution in [0, 0.1) is 6.92 Å². The van der Waals surface area contributed by atoms with Gasteiger partial charge >= 0.3 is 6.03 Å². The second-order valence-corrected chi connectivity index (χ2v) is 6.31. The van der Waals surface area contributed by atoms with Crippen LogP contribution in [0.2, 0.25) is 5.02 Å². The average Bonchev–Trinajstić information content (AvgIpc) is 2.74. The molecule has 0 radical (unpaired) electrons. The predicted molar refractivity (Wildman–Crippen MR) is 89.1 cm³/mol. The Labute approximate surface area is 140 Å². The number of rotatable bonds is 3. The van der Waals surface area contributed by atoms with Crippen molar-refractivity contribution in [1.82, 2.24) is 10.2 Å². The molecule has 118 valence electrons. The summed E-state index contributed by atoms with van der Waals surface area (Å²) in [5.41, 5.74) is 1.56. The second kappa shape index (κ2) is 5.70. The first kappa shape index (κ1) is 15.6. The lowest BCUT2D eigenvalue weighted by molar-refractivity contribution is -0.131. The summed E-state index contributed by atoms with van der Waals surface area (Å²) in [6.45, 7) is 3.86. The van der Waals surface area contributed by atoms with Crippen molar-refractivity contribution in [2.45, 2.75) is 25.9 Å². The van der Waals surface area contributed by atoms with Gasteiger partial charge in [0.15, 0.2) is 0 Å². The highest BCUT2D eigenvalue weighted by atomic mass is 35.5. The maximum Gasteiger partial charge on any atom is 0.325 e. The second-order valence-electron chi connectivity index (χ2n) is 5.90. The Hall–Kier alpha value is -2.33. The van der Waals surface area contributed by atoms with Crippen LogP contribution in [0.15, 0.2) is 48.5 Å². The summed E-state index contributed by atoms with van der Waals surface area (Å²) in [6.07, 6.45) is 0. The molecular weight excluding hydrogens is 312 g/mol. The summed E-state index contributed by atoms with van der Waals surface area (Å²) >= 11 is 6.13. The summed E-state index contributed by atoms with van der Waals surface area (Å²) in [5.74, 6) is -0.272. The van der Waals surface area contributed by atoms with E-state index in [1.165, 1.54) is 4.90 Å². The van der Waals surface area contributed by atoms with Gasteiger partial charge in [0, 0.05) is 5.02 Å². The molecule has 1 unspecified atom stereocenters. The van der Waals surface area contributed by atoms with Gasteiger partial charge in [-0.25, -0.2) is 4.79 Å². The smallest absolute Gasteiger partial charge is 0.319 e. The Morgan fingerprint density at radius 3 is 2.39 bits per heavy atom. The average molecular weight is 329 g/mol. The number of amides is 3. The van der Waals surface area contributed by atoms with E-state index in [0.29, 0.717) is 5.02 Å². The van der Waals surface area contributed by atoms with E-state index in [9.17, 15) is 9.59 Å². The number of nitrogens with zero attached hydrogens (tertiary/aromatic N) is 1. The lowest BCUT2D eigenvalue weighted by atomic mass is 9.91. The molecule has 1 aliphatic rings. The van der Waals surface area contributed by atoms with E-state index < -0.39 is 11.6 Å². The van der Waals surface area contributed by atoms with Gasteiger partial charge in [0.05, 0.1) is 6.54 Å². The van der Waals surface area contributed by atoms with Crippen LogP contribution in [0.5, 0.6) is 0 Å². The molecule has 1 heterocycles.